The molecule has 1 aromatic rings. The first-order valence-corrected chi connectivity index (χ1v) is 6.39. The van der Waals surface area contributed by atoms with Crippen molar-refractivity contribution >= 4 is 35.0 Å². The summed E-state index contributed by atoms with van der Waals surface area (Å²) in [5, 5.41) is 3.40. The van der Waals surface area contributed by atoms with Crippen molar-refractivity contribution in [2.45, 2.75) is 38.3 Å². The molecule has 1 N–H and O–H groups in total. The van der Waals surface area contributed by atoms with Crippen LogP contribution in [0.5, 0.6) is 0 Å². The van der Waals surface area contributed by atoms with Crippen molar-refractivity contribution in [3.63, 3.8) is 0 Å². The minimum Gasteiger partial charge on any atom is -0.328 e. The van der Waals surface area contributed by atoms with E-state index in [0.717, 1.165) is 25.6 Å². The minimum atomic E-state index is 0. The van der Waals surface area contributed by atoms with Crippen LogP contribution in [0.1, 0.15) is 36.7 Å². The van der Waals surface area contributed by atoms with Gasteiger partial charge in [-0.3, -0.25) is 0 Å². The molecule has 0 saturated heterocycles. The molecule has 2 heterocycles. The average molecular weight is 340 g/mol. The van der Waals surface area contributed by atoms with E-state index in [4.69, 9.17) is 4.98 Å². The van der Waals surface area contributed by atoms with Crippen molar-refractivity contribution < 1.29 is 0 Å². The van der Waals surface area contributed by atoms with Gasteiger partial charge in [-0.1, -0.05) is 6.42 Å². The molecule has 5 heteroatoms. The van der Waals surface area contributed by atoms with Gasteiger partial charge in [0.05, 0.1) is 5.69 Å². The Morgan fingerprint density at radius 3 is 2.87 bits per heavy atom. The summed E-state index contributed by atoms with van der Waals surface area (Å²) in [6, 6.07) is 0. The van der Waals surface area contributed by atoms with Gasteiger partial charge in [-0.15, -0.1) is 12.4 Å². The summed E-state index contributed by atoms with van der Waals surface area (Å²) in [5.74, 6) is 2.12. The molecule has 1 fully saturated rings. The van der Waals surface area contributed by atoms with E-state index in [9.17, 15) is 0 Å². The minimum absolute atomic E-state index is 0. The van der Waals surface area contributed by atoms with E-state index in [0.29, 0.717) is 0 Å². The number of hydrogen-bond donors (Lipinski definition) is 1. The third kappa shape index (κ3) is 1.91. The molecule has 15 heavy (non-hydrogen) atoms. The summed E-state index contributed by atoms with van der Waals surface area (Å²) < 4.78 is 3.65. The number of rotatable bonds is 1. The van der Waals surface area contributed by atoms with Crippen molar-refractivity contribution in [3.8, 4) is 0 Å². The molecule has 0 spiro atoms. The number of hydrogen-bond acceptors (Lipinski definition) is 2. The van der Waals surface area contributed by atoms with Crippen LogP contribution in [0.15, 0.2) is 0 Å². The van der Waals surface area contributed by atoms with Crippen LogP contribution in [0.25, 0.3) is 0 Å². The molecule has 0 aromatic carbocycles. The van der Waals surface area contributed by atoms with E-state index < -0.39 is 0 Å². The van der Waals surface area contributed by atoms with Gasteiger partial charge in [-0.2, -0.15) is 0 Å². The largest absolute Gasteiger partial charge is 0.328 e. The maximum absolute atomic E-state index is 4.72. The predicted octanol–water partition coefficient (Wildman–Crippen LogP) is 2.28. The zero-order valence-corrected chi connectivity index (χ0v) is 11.5. The average Bonchev–Trinajstić information content (AvgIpc) is 2.43. The molecule has 3 nitrogen and oxygen atoms in total. The Kier molecular flexibility index (Phi) is 3.57. The topological polar surface area (TPSA) is 29.9 Å². The van der Waals surface area contributed by atoms with E-state index >= 15 is 0 Å². The smallest absolute Gasteiger partial charge is 0.124 e. The van der Waals surface area contributed by atoms with Gasteiger partial charge in [0.2, 0.25) is 0 Å². The second-order valence-electron chi connectivity index (χ2n) is 4.16. The molecule has 2 aliphatic rings. The van der Waals surface area contributed by atoms with E-state index in [-0.39, 0.29) is 12.4 Å². The van der Waals surface area contributed by atoms with Crippen molar-refractivity contribution in [2.24, 2.45) is 0 Å². The molecule has 0 radical (unpaired) electrons. The first-order chi connectivity index (χ1) is 6.86. The van der Waals surface area contributed by atoms with Crippen LogP contribution in [0.3, 0.4) is 0 Å². The lowest BCUT2D eigenvalue weighted by molar-refractivity contribution is 0.376. The van der Waals surface area contributed by atoms with Crippen LogP contribution in [-0.2, 0) is 13.1 Å². The summed E-state index contributed by atoms with van der Waals surface area (Å²) in [5.41, 5.74) is 1.40. The highest BCUT2D eigenvalue weighted by molar-refractivity contribution is 14.1. The van der Waals surface area contributed by atoms with Crippen LogP contribution < -0.4 is 5.32 Å². The third-order valence-electron chi connectivity index (χ3n) is 3.33. The molecule has 1 aliphatic carbocycles. The highest BCUT2D eigenvalue weighted by Crippen LogP contribution is 2.37. The summed E-state index contributed by atoms with van der Waals surface area (Å²) in [6.45, 7) is 3.20. The van der Waals surface area contributed by atoms with Gasteiger partial charge in [0.15, 0.2) is 0 Å². The quantitative estimate of drug-likeness (QED) is 0.796. The monoisotopic (exact) mass is 339 g/mol. The Morgan fingerprint density at radius 1 is 1.40 bits per heavy atom. The Balaban J connectivity index is 0.000000853. The lowest BCUT2D eigenvalue weighted by Crippen LogP contribution is -2.30. The molecule has 0 bridgehead atoms. The number of halogens is 2. The van der Waals surface area contributed by atoms with Crippen molar-refractivity contribution in [1.82, 2.24) is 14.9 Å². The molecule has 0 atom stereocenters. The maximum Gasteiger partial charge on any atom is 0.124 e. The highest BCUT2D eigenvalue weighted by Gasteiger charge is 2.27. The molecular formula is C10H15ClIN3. The second kappa shape index (κ2) is 4.59. The van der Waals surface area contributed by atoms with E-state index in [1.165, 1.54) is 34.5 Å². The predicted molar refractivity (Wildman–Crippen MR) is 70.5 cm³/mol. The lowest BCUT2D eigenvalue weighted by Gasteiger charge is -2.27. The zero-order chi connectivity index (χ0) is 9.54. The highest BCUT2D eigenvalue weighted by atomic mass is 127. The number of aromatic nitrogens is 2. The Morgan fingerprint density at radius 2 is 2.20 bits per heavy atom. The number of nitrogens with zero attached hydrogens (tertiary/aromatic N) is 2. The van der Waals surface area contributed by atoms with Crippen LogP contribution in [0.2, 0.25) is 0 Å². The SMILES string of the molecule is Cl.Ic1nc(C2CCC2)n2c1CNCC2. The molecule has 84 valence electrons. The van der Waals surface area contributed by atoms with Gasteiger partial charge in [0.25, 0.3) is 0 Å². The van der Waals surface area contributed by atoms with Gasteiger partial charge >= 0.3 is 0 Å². The second-order valence-corrected chi connectivity index (χ2v) is 5.19. The summed E-state index contributed by atoms with van der Waals surface area (Å²) in [4.78, 5) is 4.72. The Labute approximate surface area is 110 Å². The molecular weight excluding hydrogens is 324 g/mol. The molecule has 1 aliphatic heterocycles. The van der Waals surface area contributed by atoms with Crippen LogP contribution in [0, 0.1) is 3.70 Å². The van der Waals surface area contributed by atoms with Crippen molar-refractivity contribution in [1.29, 1.82) is 0 Å². The Hall–Kier alpha value is 0.190. The van der Waals surface area contributed by atoms with Gasteiger partial charge in [-0.25, -0.2) is 4.98 Å². The fourth-order valence-corrected chi connectivity index (χ4v) is 3.00. The van der Waals surface area contributed by atoms with Crippen LogP contribution >= 0.6 is 35.0 Å². The summed E-state index contributed by atoms with van der Waals surface area (Å²) in [7, 11) is 0. The van der Waals surface area contributed by atoms with Crippen LogP contribution in [-0.4, -0.2) is 16.1 Å². The number of imidazole rings is 1. The van der Waals surface area contributed by atoms with Gasteiger partial charge in [0, 0.05) is 25.6 Å². The molecule has 1 saturated carbocycles. The van der Waals surface area contributed by atoms with Gasteiger partial charge < -0.3 is 9.88 Å². The number of fused-ring (bicyclic) bond motifs is 1. The van der Waals surface area contributed by atoms with Crippen LogP contribution in [0.4, 0.5) is 0 Å². The third-order valence-corrected chi connectivity index (χ3v) is 4.19. The maximum atomic E-state index is 4.72. The fraction of sp³-hybridized carbons (Fsp3) is 0.700. The van der Waals surface area contributed by atoms with Crippen molar-refractivity contribution in [2.75, 3.05) is 6.54 Å². The normalized spacial score (nSPS) is 20.3. The number of nitrogens with one attached hydrogen (secondary N) is 1. The molecule has 1 aromatic heterocycles. The fourth-order valence-electron chi connectivity index (χ4n) is 2.27. The van der Waals surface area contributed by atoms with Gasteiger partial charge in [-0.05, 0) is 35.4 Å². The molecule has 0 amide bonds. The standard InChI is InChI=1S/C10H14IN3.ClH/c11-9-8-6-12-4-5-14(8)10(13-9)7-2-1-3-7;/h7,12H,1-6H2;1H. The van der Waals surface area contributed by atoms with Crippen molar-refractivity contribution in [3.05, 3.63) is 15.2 Å². The van der Waals surface area contributed by atoms with Gasteiger partial charge in [0.1, 0.15) is 9.53 Å². The molecule has 0 unspecified atom stereocenters. The Bertz CT molecular complexity index is 360. The molecule has 3 rings (SSSR count). The lowest BCUT2D eigenvalue weighted by atomic mass is 9.85. The summed E-state index contributed by atoms with van der Waals surface area (Å²) in [6.07, 6.45) is 4.08. The zero-order valence-electron chi connectivity index (χ0n) is 8.50. The van der Waals surface area contributed by atoms with E-state index in [2.05, 4.69) is 32.5 Å². The van der Waals surface area contributed by atoms with E-state index in [1.807, 2.05) is 0 Å². The first-order valence-electron chi connectivity index (χ1n) is 5.32. The first kappa shape index (κ1) is 11.7. The van der Waals surface area contributed by atoms with E-state index in [1.54, 1.807) is 0 Å². The summed E-state index contributed by atoms with van der Waals surface area (Å²) >= 11 is 2.37.